The molecule has 0 radical (unpaired) electrons. The van der Waals surface area contributed by atoms with E-state index < -0.39 is 0 Å². The molecule has 1 atom stereocenters. The lowest BCUT2D eigenvalue weighted by atomic mass is 10.2. The SMILES string of the molecule is CN(C)c1nc2cc(NC(=O)N3CCCC3CO)ccc2o1. The molecule has 2 aromatic rings. The highest BCUT2D eigenvalue weighted by molar-refractivity contribution is 5.92. The second-order valence-corrected chi connectivity index (χ2v) is 5.68. The summed E-state index contributed by atoms with van der Waals surface area (Å²) in [6.07, 6.45) is 1.77. The standard InChI is InChI=1S/C15H20N4O3/c1-18(2)15-17-12-8-10(5-6-13(12)22-15)16-14(21)19-7-3-4-11(19)9-20/h5-6,8,11,20H,3-4,7,9H2,1-2H3,(H,16,21). The van der Waals surface area contributed by atoms with Crippen molar-refractivity contribution >= 4 is 28.8 Å². The van der Waals surface area contributed by atoms with E-state index in [4.69, 9.17) is 4.42 Å². The zero-order valence-electron chi connectivity index (χ0n) is 12.7. The van der Waals surface area contributed by atoms with Crippen molar-refractivity contribution in [1.82, 2.24) is 9.88 Å². The van der Waals surface area contributed by atoms with Crippen LogP contribution in [0, 0.1) is 0 Å². The maximum Gasteiger partial charge on any atom is 0.322 e. The average Bonchev–Trinajstić information content (AvgIpc) is 3.12. The van der Waals surface area contributed by atoms with Crippen LogP contribution in [0.2, 0.25) is 0 Å². The second-order valence-electron chi connectivity index (χ2n) is 5.68. The summed E-state index contributed by atoms with van der Waals surface area (Å²) in [5, 5.41) is 12.2. The third kappa shape index (κ3) is 2.71. The highest BCUT2D eigenvalue weighted by atomic mass is 16.4. The number of nitrogens with one attached hydrogen (secondary N) is 1. The molecule has 2 heterocycles. The van der Waals surface area contributed by atoms with E-state index in [9.17, 15) is 9.90 Å². The normalized spacial score (nSPS) is 18.0. The van der Waals surface area contributed by atoms with Crippen molar-refractivity contribution in [1.29, 1.82) is 0 Å². The van der Waals surface area contributed by atoms with E-state index >= 15 is 0 Å². The van der Waals surface area contributed by atoms with Gasteiger partial charge >= 0.3 is 6.03 Å². The van der Waals surface area contributed by atoms with Crippen LogP contribution in [-0.4, -0.2) is 54.3 Å². The van der Waals surface area contributed by atoms with Gasteiger partial charge in [-0.2, -0.15) is 4.98 Å². The van der Waals surface area contributed by atoms with Gasteiger partial charge in [0, 0.05) is 26.3 Å². The number of hydrogen-bond acceptors (Lipinski definition) is 5. The maximum absolute atomic E-state index is 12.3. The molecule has 1 aromatic carbocycles. The van der Waals surface area contributed by atoms with Gasteiger partial charge in [-0.15, -0.1) is 0 Å². The number of aromatic nitrogens is 1. The lowest BCUT2D eigenvalue weighted by Crippen LogP contribution is -2.40. The van der Waals surface area contributed by atoms with Crippen LogP contribution in [0.3, 0.4) is 0 Å². The van der Waals surface area contributed by atoms with Gasteiger partial charge in [0.2, 0.25) is 0 Å². The summed E-state index contributed by atoms with van der Waals surface area (Å²) in [7, 11) is 3.71. The summed E-state index contributed by atoms with van der Waals surface area (Å²) in [5.41, 5.74) is 2.04. The molecule has 3 rings (SSSR count). The zero-order chi connectivity index (χ0) is 15.7. The zero-order valence-corrected chi connectivity index (χ0v) is 12.7. The molecule has 0 aliphatic carbocycles. The van der Waals surface area contributed by atoms with Crippen LogP contribution < -0.4 is 10.2 Å². The molecule has 7 nitrogen and oxygen atoms in total. The molecule has 1 saturated heterocycles. The molecule has 7 heteroatoms. The monoisotopic (exact) mass is 304 g/mol. The first-order chi connectivity index (χ1) is 10.6. The number of carbonyl (C=O) groups excluding carboxylic acids is 1. The first kappa shape index (κ1) is 14.6. The summed E-state index contributed by atoms with van der Waals surface area (Å²) >= 11 is 0. The number of aliphatic hydroxyl groups is 1. The van der Waals surface area contributed by atoms with Crippen molar-refractivity contribution in [3.63, 3.8) is 0 Å². The largest absolute Gasteiger partial charge is 0.423 e. The summed E-state index contributed by atoms with van der Waals surface area (Å²) in [6.45, 7) is 0.677. The highest BCUT2D eigenvalue weighted by Crippen LogP contribution is 2.24. The van der Waals surface area contributed by atoms with Gasteiger partial charge in [0.05, 0.1) is 12.6 Å². The van der Waals surface area contributed by atoms with Crippen LogP contribution in [0.25, 0.3) is 11.1 Å². The Kier molecular flexibility index (Phi) is 3.89. The number of benzene rings is 1. The van der Waals surface area contributed by atoms with Gasteiger partial charge in [-0.05, 0) is 31.0 Å². The van der Waals surface area contributed by atoms with Crippen LogP contribution in [0.4, 0.5) is 16.5 Å². The third-order valence-corrected chi connectivity index (χ3v) is 3.86. The van der Waals surface area contributed by atoms with Crippen molar-refractivity contribution in [2.24, 2.45) is 0 Å². The predicted octanol–water partition coefficient (Wildman–Crippen LogP) is 1.88. The molecule has 0 spiro atoms. The Morgan fingerprint density at radius 1 is 1.55 bits per heavy atom. The average molecular weight is 304 g/mol. The quantitative estimate of drug-likeness (QED) is 0.905. The predicted molar refractivity (Wildman–Crippen MR) is 84.2 cm³/mol. The van der Waals surface area contributed by atoms with Crippen LogP contribution in [0.15, 0.2) is 22.6 Å². The fourth-order valence-corrected chi connectivity index (χ4v) is 2.67. The number of amides is 2. The van der Waals surface area contributed by atoms with Gasteiger partial charge < -0.3 is 24.6 Å². The van der Waals surface area contributed by atoms with Gasteiger partial charge in [-0.3, -0.25) is 0 Å². The molecule has 1 fully saturated rings. The smallest absolute Gasteiger partial charge is 0.322 e. The van der Waals surface area contributed by atoms with Gasteiger partial charge in [0.25, 0.3) is 6.01 Å². The fourth-order valence-electron chi connectivity index (χ4n) is 2.67. The van der Waals surface area contributed by atoms with E-state index in [1.807, 2.05) is 14.1 Å². The van der Waals surface area contributed by atoms with E-state index in [2.05, 4.69) is 10.3 Å². The number of anilines is 2. The molecular formula is C15H20N4O3. The molecule has 0 bridgehead atoms. The summed E-state index contributed by atoms with van der Waals surface area (Å²) in [6, 6.07) is 5.61. The van der Waals surface area contributed by atoms with Crippen LogP contribution in [-0.2, 0) is 0 Å². The number of carbonyl (C=O) groups is 1. The van der Waals surface area contributed by atoms with Crippen molar-refractivity contribution in [2.45, 2.75) is 18.9 Å². The summed E-state index contributed by atoms with van der Waals surface area (Å²) in [5.74, 6) is 0. The molecule has 22 heavy (non-hydrogen) atoms. The minimum Gasteiger partial charge on any atom is -0.423 e. The number of nitrogens with zero attached hydrogens (tertiary/aromatic N) is 3. The molecule has 1 aliphatic rings. The lowest BCUT2D eigenvalue weighted by molar-refractivity contribution is 0.166. The number of urea groups is 1. The fraction of sp³-hybridized carbons (Fsp3) is 0.467. The topological polar surface area (TPSA) is 81.8 Å². The first-order valence-corrected chi connectivity index (χ1v) is 7.35. The number of hydrogen-bond donors (Lipinski definition) is 2. The molecule has 2 amide bonds. The van der Waals surface area contributed by atoms with Gasteiger partial charge in [0.15, 0.2) is 5.58 Å². The number of fused-ring (bicyclic) bond motifs is 1. The maximum atomic E-state index is 12.3. The first-order valence-electron chi connectivity index (χ1n) is 7.35. The van der Waals surface area contributed by atoms with Crippen LogP contribution in [0.5, 0.6) is 0 Å². The van der Waals surface area contributed by atoms with Crippen LogP contribution >= 0.6 is 0 Å². The van der Waals surface area contributed by atoms with Crippen molar-refractivity contribution in [3.05, 3.63) is 18.2 Å². The number of oxazole rings is 1. The minimum atomic E-state index is -0.188. The Balaban J connectivity index is 1.77. The van der Waals surface area contributed by atoms with E-state index in [0.717, 1.165) is 12.8 Å². The van der Waals surface area contributed by atoms with Crippen molar-refractivity contribution in [2.75, 3.05) is 37.5 Å². The van der Waals surface area contributed by atoms with E-state index in [1.165, 1.54) is 0 Å². The number of likely N-dealkylation sites (tertiary alicyclic amines) is 1. The molecule has 2 N–H and O–H groups in total. The van der Waals surface area contributed by atoms with E-state index in [0.29, 0.717) is 29.3 Å². The Morgan fingerprint density at radius 3 is 3.09 bits per heavy atom. The van der Waals surface area contributed by atoms with Gasteiger partial charge in [0.1, 0.15) is 5.52 Å². The minimum absolute atomic E-state index is 0.00192. The van der Waals surface area contributed by atoms with Gasteiger partial charge in [-0.25, -0.2) is 4.79 Å². The molecule has 118 valence electrons. The Labute approximate surface area is 128 Å². The lowest BCUT2D eigenvalue weighted by Gasteiger charge is -2.23. The summed E-state index contributed by atoms with van der Waals surface area (Å²) in [4.78, 5) is 20.1. The second kappa shape index (κ2) is 5.84. The van der Waals surface area contributed by atoms with Crippen molar-refractivity contribution < 1.29 is 14.3 Å². The van der Waals surface area contributed by atoms with Gasteiger partial charge in [-0.1, -0.05) is 0 Å². The van der Waals surface area contributed by atoms with E-state index in [1.54, 1.807) is 28.0 Å². The molecule has 1 aliphatic heterocycles. The Morgan fingerprint density at radius 2 is 2.36 bits per heavy atom. The third-order valence-electron chi connectivity index (χ3n) is 3.86. The highest BCUT2D eigenvalue weighted by Gasteiger charge is 2.28. The van der Waals surface area contributed by atoms with E-state index in [-0.39, 0.29) is 18.7 Å². The number of aliphatic hydroxyl groups excluding tert-OH is 1. The molecule has 1 aromatic heterocycles. The molecular weight excluding hydrogens is 284 g/mol. The molecule has 1 unspecified atom stereocenters. The summed E-state index contributed by atoms with van der Waals surface area (Å²) < 4.78 is 5.58. The van der Waals surface area contributed by atoms with Crippen LogP contribution in [0.1, 0.15) is 12.8 Å². The number of rotatable bonds is 3. The molecule has 0 saturated carbocycles. The van der Waals surface area contributed by atoms with Crippen molar-refractivity contribution in [3.8, 4) is 0 Å². The Hall–Kier alpha value is -2.28. The Bertz CT molecular complexity index is 682.